The molecule has 6 heteroatoms. The summed E-state index contributed by atoms with van der Waals surface area (Å²) in [5.41, 5.74) is 1.66. The predicted molar refractivity (Wildman–Crippen MR) is 79.2 cm³/mol. The van der Waals surface area contributed by atoms with Gasteiger partial charge in [-0.25, -0.2) is 9.78 Å². The van der Waals surface area contributed by atoms with Crippen LogP contribution < -0.4 is 10.1 Å². The number of pyridine rings is 1. The summed E-state index contributed by atoms with van der Waals surface area (Å²) in [6.07, 6.45) is 0. The Bertz CT molecular complexity index is 632. The highest BCUT2D eigenvalue weighted by Crippen LogP contribution is 2.26. The van der Waals surface area contributed by atoms with E-state index in [9.17, 15) is 4.79 Å². The van der Waals surface area contributed by atoms with Crippen LogP contribution in [0.3, 0.4) is 0 Å². The molecule has 0 bridgehead atoms. The molecule has 20 heavy (non-hydrogen) atoms. The zero-order chi connectivity index (χ0) is 14.5. The van der Waals surface area contributed by atoms with Crippen molar-refractivity contribution in [3.63, 3.8) is 0 Å². The van der Waals surface area contributed by atoms with Crippen molar-refractivity contribution in [1.82, 2.24) is 4.98 Å². The van der Waals surface area contributed by atoms with E-state index in [0.717, 1.165) is 10.3 Å². The van der Waals surface area contributed by atoms with E-state index >= 15 is 0 Å². The van der Waals surface area contributed by atoms with Crippen molar-refractivity contribution in [3.05, 3.63) is 52.3 Å². The summed E-state index contributed by atoms with van der Waals surface area (Å²) in [5.74, 6) is -0.388. The number of anilines is 1. The van der Waals surface area contributed by atoms with Crippen LogP contribution in [0.1, 0.15) is 16.1 Å². The molecule has 0 aliphatic carbocycles. The van der Waals surface area contributed by atoms with Crippen LogP contribution in [0, 0.1) is 0 Å². The number of carboxylic acids is 1. The molecule has 0 aliphatic rings. The van der Waals surface area contributed by atoms with Crippen LogP contribution in [0.5, 0.6) is 5.75 Å². The van der Waals surface area contributed by atoms with E-state index < -0.39 is 5.97 Å². The number of aromatic carboxylic acids is 1. The molecule has 1 aromatic carbocycles. The van der Waals surface area contributed by atoms with E-state index in [0.29, 0.717) is 18.0 Å². The van der Waals surface area contributed by atoms with E-state index in [-0.39, 0.29) is 5.56 Å². The van der Waals surface area contributed by atoms with Crippen LogP contribution in [0.15, 0.2) is 41.0 Å². The second kappa shape index (κ2) is 6.38. The first-order chi connectivity index (χ1) is 9.60. The van der Waals surface area contributed by atoms with E-state index in [4.69, 9.17) is 9.84 Å². The van der Waals surface area contributed by atoms with Crippen molar-refractivity contribution >= 4 is 27.6 Å². The van der Waals surface area contributed by atoms with Crippen LogP contribution in [0.25, 0.3) is 0 Å². The molecule has 0 saturated heterocycles. The zero-order valence-corrected chi connectivity index (χ0v) is 12.3. The fourth-order valence-corrected chi connectivity index (χ4v) is 2.09. The molecule has 0 aliphatic heterocycles. The van der Waals surface area contributed by atoms with Gasteiger partial charge in [-0.15, -0.1) is 0 Å². The Labute approximate surface area is 124 Å². The first kappa shape index (κ1) is 14.3. The Morgan fingerprint density at radius 2 is 2.20 bits per heavy atom. The molecule has 1 heterocycles. The summed E-state index contributed by atoms with van der Waals surface area (Å²) in [7, 11) is 1.54. The Morgan fingerprint density at radius 3 is 2.85 bits per heavy atom. The highest BCUT2D eigenvalue weighted by molar-refractivity contribution is 9.10. The van der Waals surface area contributed by atoms with Crippen LogP contribution in [-0.4, -0.2) is 23.2 Å². The van der Waals surface area contributed by atoms with E-state index in [1.807, 2.05) is 18.2 Å². The molecule has 2 N–H and O–H groups in total. The van der Waals surface area contributed by atoms with E-state index in [1.54, 1.807) is 12.1 Å². The lowest BCUT2D eigenvalue weighted by Crippen LogP contribution is -2.05. The van der Waals surface area contributed by atoms with Gasteiger partial charge in [0.2, 0.25) is 0 Å². The molecule has 0 unspecified atom stereocenters. The normalized spacial score (nSPS) is 10.1. The standard InChI is InChI=1S/C14H13BrN2O3/c1-20-12-6-5-9(14(18)19)7-11(12)16-8-10-3-2-4-13(15)17-10/h2-7,16H,8H2,1H3,(H,18,19). The summed E-state index contributed by atoms with van der Waals surface area (Å²) < 4.78 is 5.96. The topological polar surface area (TPSA) is 71.5 Å². The molecule has 104 valence electrons. The van der Waals surface area contributed by atoms with Crippen molar-refractivity contribution in [2.24, 2.45) is 0 Å². The van der Waals surface area contributed by atoms with Gasteiger partial charge in [-0.3, -0.25) is 0 Å². The SMILES string of the molecule is COc1ccc(C(=O)O)cc1NCc1cccc(Br)n1. The van der Waals surface area contributed by atoms with E-state index in [1.165, 1.54) is 13.2 Å². The molecule has 1 aromatic heterocycles. The molecule has 2 rings (SSSR count). The molecule has 2 aromatic rings. The molecular weight excluding hydrogens is 324 g/mol. The third-order valence-corrected chi connectivity index (χ3v) is 3.12. The van der Waals surface area contributed by atoms with Gasteiger partial charge >= 0.3 is 5.97 Å². The highest BCUT2D eigenvalue weighted by Gasteiger charge is 2.09. The summed E-state index contributed by atoms with van der Waals surface area (Å²) in [5, 5.41) is 12.1. The number of benzene rings is 1. The zero-order valence-electron chi connectivity index (χ0n) is 10.8. The van der Waals surface area contributed by atoms with Gasteiger partial charge in [-0.05, 0) is 46.3 Å². The molecule has 0 saturated carbocycles. The number of halogens is 1. The largest absolute Gasteiger partial charge is 0.495 e. The third-order valence-electron chi connectivity index (χ3n) is 2.68. The first-order valence-corrected chi connectivity index (χ1v) is 6.66. The van der Waals surface area contributed by atoms with Gasteiger partial charge in [0.25, 0.3) is 0 Å². The fraction of sp³-hybridized carbons (Fsp3) is 0.143. The highest BCUT2D eigenvalue weighted by atomic mass is 79.9. The number of aromatic nitrogens is 1. The minimum Gasteiger partial charge on any atom is -0.495 e. The Morgan fingerprint density at radius 1 is 1.40 bits per heavy atom. The molecule has 0 atom stereocenters. The summed E-state index contributed by atoms with van der Waals surface area (Å²) >= 11 is 3.31. The van der Waals surface area contributed by atoms with E-state index in [2.05, 4.69) is 26.2 Å². The summed E-state index contributed by atoms with van der Waals surface area (Å²) in [6.45, 7) is 0.471. The number of hydrogen-bond acceptors (Lipinski definition) is 4. The number of nitrogens with one attached hydrogen (secondary N) is 1. The summed E-state index contributed by atoms with van der Waals surface area (Å²) in [6, 6.07) is 10.3. The smallest absolute Gasteiger partial charge is 0.335 e. The fourth-order valence-electron chi connectivity index (χ4n) is 1.71. The third kappa shape index (κ3) is 3.48. The van der Waals surface area contributed by atoms with Gasteiger partial charge < -0.3 is 15.2 Å². The Balaban J connectivity index is 2.19. The van der Waals surface area contributed by atoms with Gasteiger partial charge in [-0.1, -0.05) is 6.07 Å². The minimum absolute atomic E-state index is 0.204. The average Bonchev–Trinajstić information content (AvgIpc) is 2.44. The van der Waals surface area contributed by atoms with Crippen molar-refractivity contribution < 1.29 is 14.6 Å². The second-order valence-corrected chi connectivity index (χ2v) is 4.84. The molecule has 5 nitrogen and oxygen atoms in total. The lowest BCUT2D eigenvalue weighted by molar-refractivity contribution is 0.0697. The maximum Gasteiger partial charge on any atom is 0.335 e. The number of carboxylic acid groups (broad SMARTS) is 1. The number of rotatable bonds is 5. The molecule has 0 fully saturated rings. The van der Waals surface area contributed by atoms with Crippen molar-refractivity contribution in [1.29, 1.82) is 0 Å². The number of hydrogen-bond donors (Lipinski definition) is 2. The summed E-state index contributed by atoms with van der Waals surface area (Å²) in [4.78, 5) is 15.3. The maximum absolute atomic E-state index is 11.0. The molecular formula is C14H13BrN2O3. The minimum atomic E-state index is -0.976. The van der Waals surface area contributed by atoms with Crippen LogP contribution in [0.2, 0.25) is 0 Å². The molecule has 0 radical (unpaired) electrons. The Kier molecular flexibility index (Phi) is 4.57. The molecule has 0 amide bonds. The van der Waals surface area contributed by atoms with Crippen molar-refractivity contribution in [2.45, 2.75) is 6.54 Å². The van der Waals surface area contributed by atoms with Crippen LogP contribution >= 0.6 is 15.9 Å². The van der Waals surface area contributed by atoms with Gasteiger partial charge in [-0.2, -0.15) is 0 Å². The van der Waals surface area contributed by atoms with Crippen molar-refractivity contribution in [2.75, 3.05) is 12.4 Å². The van der Waals surface area contributed by atoms with Gasteiger partial charge in [0, 0.05) is 0 Å². The first-order valence-electron chi connectivity index (χ1n) is 5.87. The second-order valence-electron chi connectivity index (χ2n) is 4.03. The lowest BCUT2D eigenvalue weighted by Gasteiger charge is -2.11. The Hall–Kier alpha value is -2.08. The number of carbonyl (C=O) groups is 1. The van der Waals surface area contributed by atoms with Crippen LogP contribution in [0.4, 0.5) is 5.69 Å². The quantitative estimate of drug-likeness (QED) is 0.820. The maximum atomic E-state index is 11.0. The number of methoxy groups -OCH3 is 1. The van der Waals surface area contributed by atoms with Gasteiger partial charge in [0.15, 0.2) is 0 Å². The van der Waals surface area contributed by atoms with Crippen LogP contribution in [-0.2, 0) is 6.54 Å². The van der Waals surface area contributed by atoms with Crippen molar-refractivity contribution in [3.8, 4) is 5.75 Å². The average molecular weight is 337 g/mol. The number of ether oxygens (including phenoxy) is 1. The van der Waals surface area contributed by atoms with Gasteiger partial charge in [0.05, 0.1) is 30.6 Å². The monoisotopic (exact) mass is 336 g/mol. The number of nitrogens with zero attached hydrogens (tertiary/aromatic N) is 1. The lowest BCUT2D eigenvalue weighted by atomic mass is 10.2. The van der Waals surface area contributed by atoms with Gasteiger partial charge in [0.1, 0.15) is 10.4 Å². The predicted octanol–water partition coefficient (Wildman–Crippen LogP) is 3.16. The molecule has 0 spiro atoms.